The van der Waals surface area contributed by atoms with Crippen LogP contribution in [0.15, 0.2) is 12.4 Å². The van der Waals surface area contributed by atoms with Gasteiger partial charge in [0.15, 0.2) is 0 Å². The molecule has 0 bridgehead atoms. The molecule has 0 unspecified atom stereocenters. The minimum atomic E-state index is 0.590. The average Bonchev–Trinajstić information content (AvgIpc) is 2.76. The summed E-state index contributed by atoms with van der Waals surface area (Å²) in [7, 11) is 0. The van der Waals surface area contributed by atoms with Crippen LogP contribution in [0, 0.1) is 5.92 Å². The van der Waals surface area contributed by atoms with Gasteiger partial charge in [-0.05, 0) is 49.8 Å². The van der Waals surface area contributed by atoms with Crippen LogP contribution in [0.2, 0.25) is 0 Å². The van der Waals surface area contributed by atoms with Crippen LogP contribution in [0.1, 0.15) is 44.6 Å². The molecule has 1 N–H and O–H groups in total. The van der Waals surface area contributed by atoms with Crippen molar-refractivity contribution < 1.29 is 0 Å². The number of aryl methyl sites for hydroxylation is 1. The third-order valence-electron chi connectivity index (χ3n) is 3.55. The van der Waals surface area contributed by atoms with Crippen LogP contribution in [0.25, 0.3) is 0 Å². The van der Waals surface area contributed by atoms with Crippen molar-refractivity contribution in [3.8, 4) is 0 Å². The number of piperidine rings is 1. The fourth-order valence-electron chi connectivity index (χ4n) is 2.29. The Morgan fingerprint density at radius 2 is 2.19 bits per heavy atom. The maximum Gasteiger partial charge on any atom is 0.0524 e. The summed E-state index contributed by atoms with van der Waals surface area (Å²) in [5.74, 6) is 1.49. The molecule has 1 aliphatic rings. The van der Waals surface area contributed by atoms with Gasteiger partial charge in [-0.15, -0.1) is 0 Å². The molecular formula is C13H23N3. The molecule has 1 aromatic rings. The van der Waals surface area contributed by atoms with Crippen LogP contribution in [-0.4, -0.2) is 22.9 Å². The summed E-state index contributed by atoms with van der Waals surface area (Å²) in [6.07, 6.45) is 8.15. The van der Waals surface area contributed by atoms with Gasteiger partial charge in [0.1, 0.15) is 0 Å². The number of hydrogen-bond donors (Lipinski definition) is 1. The van der Waals surface area contributed by atoms with Gasteiger partial charge in [0.2, 0.25) is 0 Å². The average molecular weight is 221 g/mol. The second-order valence-corrected chi connectivity index (χ2v) is 5.17. The van der Waals surface area contributed by atoms with Gasteiger partial charge in [-0.2, -0.15) is 5.10 Å². The number of aromatic nitrogens is 2. The highest BCUT2D eigenvalue weighted by molar-refractivity contribution is 5.08. The van der Waals surface area contributed by atoms with E-state index in [1.54, 1.807) is 0 Å². The Kier molecular flexibility index (Phi) is 3.99. The number of rotatable bonds is 4. The molecule has 1 fully saturated rings. The first kappa shape index (κ1) is 11.6. The van der Waals surface area contributed by atoms with Gasteiger partial charge in [-0.3, -0.25) is 4.68 Å². The summed E-state index contributed by atoms with van der Waals surface area (Å²) in [6.45, 7) is 7.90. The molecule has 1 saturated heterocycles. The van der Waals surface area contributed by atoms with Gasteiger partial charge < -0.3 is 5.32 Å². The Bertz CT molecular complexity index is 311. The number of hydrogen-bond acceptors (Lipinski definition) is 2. The van der Waals surface area contributed by atoms with E-state index in [0.29, 0.717) is 5.92 Å². The van der Waals surface area contributed by atoms with Crippen LogP contribution >= 0.6 is 0 Å². The van der Waals surface area contributed by atoms with Crippen molar-refractivity contribution in [2.24, 2.45) is 5.92 Å². The number of nitrogens with zero attached hydrogens (tertiary/aromatic N) is 2. The lowest BCUT2D eigenvalue weighted by Gasteiger charge is -2.22. The molecule has 0 saturated carbocycles. The molecule has 0 amide bonds. The van der Waals surface area contributed by atoms with Gasteiger partial charge in [-0.25, -0.2) is 0 Å². The van der Waals surface area contributed by atoms with E-state index in [2.05, 4.69) is 35.1 Å². The van der Waals surface area contributed by atoms with Gasteiger partial charge in [-0.1, -0.05) is 13.8 Å². The summed E-state index contributed by atoms with van der Waals surface area (Å²) in [5.41, 5.74) is 1.35. The SMILES string of the molecule is CC(C)c1cnn(CCC2CCNCC2)c1. The van der Waals surface area contributed by atoms with Crippen LogP contribution in [0.4, 0.5) is 0 Å². The van der Waals surface area contributed by atoms with Crippen molar-refractivity contribution in [1.82, 2.24) is 15.1 Å². The summed E-state index contributed by atoms with van der Waals surface area (Å²) < 4.78 is 2.11. The molecule has 0 spiro atoms. The van der Waals surface area contributed by atoms with Crippen molar-refractivity contribution in [1.29, 1.82) is 0 Å². The molecule has 3 heteroatoms. The van der Waals surface area contributed by atoms with Crippen molar-refractivity contribution >= 4 is 0 Å². The maximum absolute atomic E-state index is 4.42. The maximum atomic E-state index is 4.42. The Morgan fingerprint density at radius 1 is 1.44 bits per heavy atom. The lowest BCUT2D eigenvalue weighted by molar-refractivity contribution is 0.332. The highest BCUT2D eigenvalue weighted by Crippen LogP contribution is 2.17. The highest BCUT2D eigenvalue weighted by atomic mass is 15.3. The van der Waals surface area contributed by atoms with E-state index in [-0.39, 0.29) is 0 Å². The van der Waals surface area contributed by atoms with Gasteiger partial charge >= 0.3 is 0 Å². The van der Waals surface area contributed by atoms with Crippen molar-refractivity contribution in [2.45, 2.75) is 45.6 Å². The molecular weight excluding hydrogens is 198 g/mol. The first-order valence-electron chi connectivity index (χ1n) is 6.49. The third-order valence-corrected chi connectivity index (χ3v) is 3.55. The topological polar surface area (TPSA) is 29.9 Å². The monoisotopic (exact) mass is 221 g/mol. The van der Waals surface area contributed by atoms with E-state index < -0.39 is 0 Å². The zero-order valence-electron chi connectivity index (χ0n) is 10.4. The molecule has 3 nitrogen and oxygen atoms in total. The smallest absolute Gasteiger partial charge is 0.0524 e. The van der Waals surface area contributed by atoms with E-state index in [4.69, 9.17) is 0 Å². The van der Waals surface area contributed by atoms with E-state index in [1.807, 2.05) is 6.20 Å². The fraction of sp³-hybridized carbons (Fsp3) is 0.769. The molecule has 2 heterocycles. The minimum absolute atomic E-state index is 0.590. The third kappa shape index (κ3) is 3.08. The van der Waals surface area contributed by atoms with Crippen molar-refractivity contribution in [2.75, 3.05) is 13.1 Å². The standard InChI is InChI=1S/C13H23N3/c1-11(2)13-9-15-16(10-13)8-5-12-3-6-14-7-4-12/h9-12,14H,3-8H2,1-2H3. The summed E-state index contributed by atoms with van der Waals surface area (Å²) >= 11 is 0. The summed E-state index contributed by atoms with van der Waals surface area (Å²) in [4.78, 5) is 0. The van der Waals surface area contributed by atoms with Crippen LogP contribution in [-0.2, 0) is 6.54 Å². The first-order valence-corrected chi connectivity index (χ1v) is 6.49. The number of nitrogens with one attached hydrogen (secondary N) is 1. The van der Waals surface area contributed by atoms with Crippen LogP contribution in [0.5, 0.6) is 0 Å². The Morgan fingerprint density at radius 3 is 2.81 bits per heavy atom. The van der Waals surface area contributed by atoms with Crippen molar-refractivity contribution in [3.05, 3.63) is 18.0 Å². The molecule has 1 aromatic heterocycles. The molecule has 2 rings (SSSR count). The molecule has 0 aliphatic carbocycles. The van der Waals surface area contributed by atoms with E-state index in [1.165, 1.54) is 37.9 Å². The Labute approximate surface area is 98.2 Å². The van der Waals surface area contributed by atoms with Gasteiger partial charge in [0.05, 0.1) is 6.20 Å². The molecule has 0 radical (unpaired) electrons. The predicted octanol–water partition coefficient (Wildman–Crippen LogP) is 2.40. The molecule has 0 atom stereocenters. The van der Waals surface area contributed by atoms with Crippen molar-refractivity contribution in [3.63, 3.8) is 0 Å². The molecule has 90 valence electrons. The Balaban J connectivity index is 1.79. The second kappa shape index (κ2) is 5.48. The first-order chi connectivity index (χ1) is 7.75. The molecule has 1 aliphatic heterocycles. The van der Waals surface area contributed by atoms with E-state index >= 15 is 0 Å². The van der Waals surface area contributed by atoms with Crippen LogP contribution in [0.3, 0.4) is 0 Å². The van der Waals surface area contributed by atoms with Crippen LogP contribution < -0.4 is 5.32 Å². The lowest BCUT2D eigenvalue weighted by atomic mass is 9.95. The zero-order chi connectivity index (χ0) is 11.4. The summed E-state index contributed by atoms with van der Waals surface area (Å²) in [5, 5.41) is 7.83. The fourth-order valence-corrected chi connectivity index (χ4v) is 2.29. The van der Waals surface area contributed by atoms with Gasteiger partial charge in [0, 0.05) is 12.7 Å². The molecule has 0 aromatic carbocycles. The zero-order valence-corrected chi connectivity index (χ0v) is 10.4. The predicted molar refractivity (Wildman–Crippen MR) is 66.5 cm³/mol. The normalized spacial score (nSPS) is 18.2. The largest absolute Gasteiger partial charge is 0.317 e. The quantitative estimate of drug-likeness (QED) is 0.846. The second-order valence-electron chi connectivity index (χ2n) is 5.17. The Hall–Kier alpha value is -0.830. The van der Waals surface area contributed by atoms with Gasteiger partial charge in [0.25, 0.3) is 0 Å². The van der Waals surface area contributed by atoms with E-state index in [0.717, 1.165) is 12.5 Å². The minimum Gasteiger partial charge on any atom is -0.317 e. The highest BCUT2D eigenvalue weighted by Gasteiger charge is 2.13. The molecule has 16 heavy (non-hydrogen) atoms. The lowest BCUT2D eigenvalue weighted by Crippen LogP contribution is -2.28. The summed E-state index contributed by atoms with van der Waals surface area (Å²) in [6, 6.07) is 0. The van der Waals surface area contributed by atoms with E-state index in [9.17, 15) is 0 Å².